The molecule has 0 bridgehead atoms. The van der Waals surface area contributed by atoms with Crippen molar-refractivity contribution in [2.75, 3.05) is 29.4 Å². The van der Waals surface area contributed by atoms with Crippen LogP contribution in [-0.4, -0.2) is 45.3 Å². The Morgan fingerprint density at radius 2 is 1.83 bits per heavy atom. The minimum absolute atomic E-state index is 0.0262. The summed E-state index contributed by atoms with van der Waals surface area (Å²) in [5.74, 6) is 1.71. The molecule has 1 saturated heterocycles. The zero-order valence-corrected chi connectivity index (χ0v) is 17.3. The van der Waals surface area contributed by atoms with E-state index in [2.05, 4.69) is 20.0 Å². The van der Waals surface area contributed by atoms with Crippen LogP contribution >= 0.6 is 0 Å². The van der Waals surface area contributed by atoms with E-state index in [4.69, 9.17) is 0 Å². The summed E-state index contributed by atoms with van der Waals surface area (Å²) in [5, 5.41) is 4.49. The molecule has 0 saturated carbocycles. The first-order chi connectivity index (χ1) is 14.0. The van der Waals surface area contributed by atoms with E-state index in [1.807, 2.05) is 73.7 Å². The van der Waals surface area contributed by atoms with E-state index in [1.54, 1.807) is 6.33 Å². The number of amides is 1. The van der Waals surface area contributed by atoms with Crippen molar-refractivity contribution in [3.05, 3.63) is 59.7 Å². The van der Waals surface area contributed by atoms with Gasteiger partial charge in [0.15, 0.2) is 5.82 Å². The Kier molecular flexibility index (Phi) is 5.05. The van der Waals surface area contributed by atoms with Gasteiger partial charge in [-0.2, -0.15) is 5.10 Å². The minimum Gasteiger partial charge on any atom is -0.355 e. The molecule has 150 valence electrons. The number of para-hydroxylation sites is 1. The molecule has 0 atom stereocenters. The van der Waals surface area contributed by atoms with Crippen molar-refractivity contribution in [1.29, 1.82) is 0 Å². The maximum absolute atomic E-state index is 13.1. The second kappa shape index (κ2) is 7.66. The fourth-order valence-corrected chi connectivity index (χ4v) is 3.84. The summed E-state index contributed by atoms with van der Waals surface area (Å²) in [6.45, 7) is 10.0. The van der Waals surface area contributed by atoms with Gasteiger partial charge in [-0.15, -0.1) is 0 Å². The Bertz CT molecular complexity index is 1040. The number of hydrogen-bond acceptors (Lipinski definition) is 5. The highest BCUT2D eigenvalue weighted by atomic mass is 16.2. The first-order valence-corrected chi connectivity index (χ1v) is 9.95. The molecule has 0 N–H and O–H groups in total. The second-order valence-electron chi connectivity index (χ2n) is 7.54. The summed E-state index contributed by atoms with van der Waals surface area (Å²) >= 11 is 0. The number of benzene rings is 1. The number of anilines is 2. The van der Waals surface area contributed by atoms with Crippen LogP contribution in [0.2, 0.25) is 0 Å². The largest absolute Gasteiger partial charge is 0.355 e. The molecule has 1 fully saturated rings. The molecular weight excluding hydrogens is 364 g/mol. The highest BCUT2D eigenvalue weighted by Crippen LogP contribution is 2.28. The lowest BCUT2D eigenvalue weighted by Gasteiger charge is -2.41. The van der Waals surface area contributed by atoms with Crippen LogP contribution in [0.4, 0.5) is 11.5 Å². The van der Waals surface area contributed by atoms with Crippen molar-refractivity contribution in [1.82, 2.24) is 19.7 Å². The van der Waals surface area contributed by atoms with Crippen molar-refractivity contribution in [2.45, 2.75) is 27.7 Å². The van der Waals surface area contributed by atoms with Gasteiger partial charge in [0.1, 0.15) is 12.1 Å². The van der Waals surface area contributed by atoms with Crippen LogP contribution in [0.25, 0.3) is 5.82 Å². The van der Waals surface area contributed by atoms with Gasteiger partial charge in [0.25, 0.3) is 0 Å². The van der Waals surface area contributed by atoms with Crippen molar-refractivity contribution in [3.8, 4) is 5.82 Å². The quantitative estimate of drug-likeness (QED) is 0.670. The smallest absolute Gasteiger partial charge is 0.233 e. The molecule has 0 unspecified atom stereocenters. The van der Waals surface area contributed by atoms with E-state index in [1.165, 1.54) is 0 Å². The van der Waals surface area contributed by atoms with Crippen LogP contribution in [0.5, 0.6) is 0 Å². The van der Waals surface area contributed by atoms with E-state index in [0.717, 1.165) is 34.3 Å². The molecule has 7 nitrogen and oxygen atoms in total. The highest BCUT2D eigenvalue weighted by molar-refractivity contribution is 5.97. The van der Waals surface area contributed by atoms with Gasteiger partial charge in [0, 0.05) is 37.1 Å². The monoisotopic (exact) mass is 390 g/mol. The van der Waals surface area contributed by atoms with E-state index < -0.39 is 0 Å². The third-order valence-electron chi connectivity index (χ3n) is 5.41. The number of carbonyl (C=O) groups excluding carboxylic acids is 1. The molecule has 0 radical (unpaired) electrons. The van der Waals surface area contributed by atoms with Gasteiger partial charge >= 0.3 is 0 Å². The molecule has 1 aliphatic heterocycles. The van der Waals surface area contributed by atoms with Crippen molar-refractivity contribution in [2.24, 2.45) is 5.92 Å². The van der Waals surface area contributed by atoms with Crippen LogP contribution in [-0.2, 0) is 4.79 Å². The lowest BCUT2D eigenvalue weighted by Crippen LogP contribution is -2.55. The number of rotatable bonds is 5. The van der Waals surface area contributed by atoms with Crippen LogP contribution in [0.15, 0.2) is 42.7 Å². The summed E-state index contributed by atoms with van der Waals surface area (Å²) in [6.07, 6.45) is 1.56. The predicted octanol–water partition coefficient (Wildman–Crippen LogP) is 3.08. The summed E-state index contributed by atoms with van der Waals surface area (Å²) in [4.78, 5) is 25.8. The number of aromatic nitrogens is 4. The average molecular weight is 390 g/mol. The zero-order valence-electron chi connectivity index (χ0n) is 17.3. The average Bonchev–Trinajstić information content (AvgIpc) is 3.01. The van der Waals surface area contributed by atoms with Crippen LogP contribution < -0.4 is 9.80 Å². The minimum atomic E-state index is -0.0262. The first kappa shape index (κ1) is 19.1. The highest BCUT2D eigenvalue weighted by Gasteiger charge is 2.36. The fraction of sp³-hybridized carbons (Fsp3) is 0.364. The maximum Gasteiger partial charge on any atom is 0.233 e. The molecule has 0 spiro atoms. The van der Waals surface area contributed by atoms with Gasteiger partial charge in [-0.1, -0.05) is 18.2 Å². The SMILES string of the molecule is CCN(C(=O)C1CN(c2cc(-n3nc(C)cc3C)ncn2)C1)c1ccccc1C. The van der Waals surface area contributed by atoms with Gasteiger partial charge in [-0.25, -0.2) is 14.6 Å². The van der Waals surface area contributed by atoms with E-state index >= 15 is 0 Å². The summed E-state index contributed by atoms with van der Waals surface area (Å²) in [5.41, 5.74) is 4.09. The van der Waals surface area contributed by atoms with Crippen LogP contribution in [0, 0.1) is 26.7 Å². The van der Waals surface area contributed by atoms with E-state index in [0.29, 0.717) is 19.6 Å². The predicted molar refractivity (Wildman–Crippen MR) is 114 cm³/mol. The Morgan fingerprint density at radius 3 is 2.48 bits per heavy atom. The molecule has 2 aromatic heterocycles. The molecule has 29 heavy (non-hydrogen) atoms. The van der Waals surface area contributed by atoms with Crippen LogP contribution in [0.1, 0.15) is 23.9 Å². The number of aryl methyl sites for hydroxylation is 3. The number of nitrogens with zero attached hydrogens (tertiary/aromatic N) is 6. The molecule has 7 heteroatoms. The Labute approximate surface area is 171 Å². The maximum atomic E-state index is 13.1. The first-order valence-electron chi connectivity index (χ1n) is 9.95. The number of carbonyl (C=O) groups is 1. The van der Waals surface area contributed by atoms with Gasteiger partial charge in [0.2, 0.25) is 5.91 Å². The normalized spacial score (nSPS) is 14.0. The van der Waals surface area contributed by atoms with Gasteiger partial charge in [0.05, 0.1) is 11.6 Å². The summed E-state index contributed by atoms with van der Waals surface area (Å²) in [7, 11) is 0. The molecule has 1 amide bonds. The van der Waals surface area contributed by atoms with Gasteiger partial charge < -0.3 is 9.80 Å². The molecule has 4 rings (SSSR count). The van der Waals surface area contributed by atoms with Crippen molar-refractivity contribution < 1.29 is 4.79 Å². The molecule has 1 aromatic carbocycles. The van der Waals surface area contributed by atoms with Gasteiger partial charge in [-0.3, -0.25) is 4.79 Å². The number of hydrogen-bond donors (Lipinski definition) is 0. The molecule has 3 aromatic rings. The zero-order chi connectivity index (χ0) is 20.5. The van der Waals surface area contributed by atoms with E-state index in [-0.39, 0.29) is 11.8 Å². The topological polar surface area (TPSA) is 67.2 Å². The van der Waals surface area contributed by atoms with E-state index in [9.17, 15) is 4.79 Å². The molecular formula is C22H26N6O. The summed E-state index contributed by atoms with van der Waals surface area (Å²) < 4.78 is 1.82. The van der Waals surface area contributed by atoms with Crippen molar-refractivity contribution >= 4 is 17.4 Å². The Morgan fingerprint density at radius 1 is 1.10 bits per heavy atom. The molecule has 3 heterocycles. The standard InChI is InChI=1S/C22H26N6O/c1-5-27(19-9-7-6-8-15(19)2)22(29)18-12-26(13-18)20-11-21(24-14-23-20)28-17(4)10-16(3)25-28/h6-11,14,18H,5,12-13H2,1-4H3. The Hall–Kier alpha value is -3.22. The third-order valence-corrected chi connectivity index (χ3v) is 5.41. The Balaban J connectivity index is 1.47. The van der Waals surface area contributed by atoms with Gasteiger partial charge in [-0.05, 0) is 45.4 Å². The second-order valence-corrected chi connectivity index (χ2v) is 7.54. The fourth-order valence-electron chi connectivity index (χ4n) is 3.84. The lowest BCUT2D eigenvalue weighted by molar-refractivity contribution is -0.123. The molecule has 0 aliphatic carbocycles. The lowest BCUT2D eigenvalue weighted by atomic mass is 9.97. The summed E-state index contributed by atoms with van der Waals surface area (Å²) in [6, 6.07) is 12.0. The third kappa shape index (κ3) is 3.60. The molecule has 1 aliphatic rings. The van der Waals surface area contributed by atoms with Crippen molar-refractivity contribution in [3.63, 3.8) is 0 Å². The van der Waals surface area contributed by atoms with Crippen LogP contribution in [0.3, 0.4) is 0 Å².